The van der Waals surface area contributed by atoms with E-state index in [0.29, 0.717) is 17.6 Å². The monoisotopic (exact) mass is 326 g/mol. The van der Waals surface area contributed by atoms with Crippen molar-refractivity contribution in [2.24, 2.45) is 11.8 Å². The molecule has 7 heteroatoms. The van der Waals surface area contributed by atoms with Gasteiger partial charge in [-0.05, 0) is 18.8 Å². The van der Waals surface area contributed by atoms with Crippen molar-refractivity contribution in [1.82, 2.24) is 15.1 Å². The molecule has 2 atom stereocenters. The summed E-state index contributed by atoms with van der Waals surface area (Å²) in [5.41, 5.74) is 0. The van der Waals surface area contributed by atoms with Crippen LogP contribution in [0.15, 0.2) is 0 Å². The summed E-state index contributed by atoms with van der Waals surface area (Å²) in [6.45, 7) is 4.83. The summed E-state index contributed by atoms with van der Waals surface area (Å²) in [5, 5.41) is 22.4. The Morgan fingerprint density at radius 1 is 1.41 bits per heavy atom. The van der Waals surface area contributed by atoms with E-state index in [-0.39, 0.29) is 18.1 Å². The predicted molar refractivity (Wildman–Crippen MR) is 88.1 cm³/mol. The zero-order valence-electron chi connectivity index (χ0n) is 13.6. The highest BCUT2D eigenvalue weighted by atomic mass is 32.1. The molecule has 22 heavy (non-hydrogen) atoms. The second-order valence-corrected chi connectivity index (χ2v) is 7.58. The third kappa shape index (κ3) is 4.91. The number of carbonyl (C=O) groups is 1. The van der Waals surface area contributed by atoms with E-state index in [1.165, 1.54) is 11.3 Å². The zero-order chi connectivity index (χ0) is 16.1. The fraction of sp³-hybridized carbons (Fsp3) is 0.800. The van der Waals surface area contributed by atoms with Crippen LogP contribution in [-0.2, 0) is 6.42 Å². The normalized spacial score (nSPS) is 21.9. The fourth-order valence-electron chi connectivity index (χ4n) is 2.76. The number of hydrogen-bond donors (Lipinski definition) is 2. The van der Waals surface area contributed by atoms with Gasteiger partial charge in [0.25, 0.3) is 0 Å². The highest BCUT2D eigenvalue weighted by molar-refractivity contribution is 7.15. The fourth-order valence-corrected chi connectivity index (χ4v) is 3.70. The zero-order valence-corrected chi connectivity index (χ0v) is 14.4. The first kappa shape index (κ1) is 17.1. The molecule has 1 aliphatic rings. The molecule has 1 saturated carbocycles. The summed E-state index contributed by atoms with van der Waals surface area (Å²) >= 11 is 1.42. The van der Waals surface area contributed by atoms with Gasteiger partial charge in [0, 0.05) is 25.9 Å². The van der Waals surface area contributed by atoms with E-state index >= 15 is 0 Å². The minimum Gasteiger partial charge on any atom is -0.393 e. The maximum Gasteiger partial charge on any atom is 0.323 e. The Labute approximate surface area is 135 Å². The predicted octanol–water partition coefficient (Wildman–Crippen LogP) is 2.75. The summed E-state index contributed by atoms with van der Waals surface area (Å²) in [6, 6.07) is -0.190. The molecule has 2 unspecified atom stereocenters. The third-order valence-corrected chi connectivity index (χ3v) is 4.85. The molecule has 2 rings (SSSR count). The van der Waals surface area contributed by atoms with Crippen molar-refractivity contribution in [2.45, 2.75) is 52.1 Å². The van der Waals surface area contributed by atoms with Crippen molar-refractivity contribution < 1.29 is 9.90 Å². The Balaban J connectivity index is 1.84. The Morgan fingerprint density at radius 3 is 2.82 bits per heavy atom. The molecule has 0 aliphatic heterocycles. The molecule has 124 valence electrons. The molecule has 6 nitrogen and oxygen atoms in total. The topological polar surface area (TPSA) is 78.4 Å². The molecular formula is C15H26N4O2S. The van der Waals surface area contributed by atoms with Crippen LogP contribution in [0.4, 0.5) is 9.93 Å². The summed E-state index contributed by atoms with van der Waals surface area (Å²) in [5.74, 6) is 0.697. The second kappa shape index (κ2) is 7.87. The molecule has 0 aromatic carbocycles. The molecule has 0 radical (unpaired) electrons. The first-order valence-electron chi connectivity index (χ1n) is 7.98. The van der Waals surface area contributed by atoms with E-state index in [0.717, 1.165) is 37.1 Å². The number of aliphatic hydroxyl groups is 1. The van der Waals surface area contributed by atoms with Crippen LogP contribution in [0.3, 0.4) is 0 Å². The van der Waals surface area contributed by atoms with Crippen LogP contribution in [0.25, 0.3) is 0 Å². The molecule has 2 amide bonds. The number of urea groups is 1. The van der Waals surface area contributed by atoms with Gasteiger partial charge in [-0.3, -0.25) is 5.32 Å². The highest BCUT2D eigenvalue weighted by Gasteiger charge is 2.25. The molecule has 1 aromatic heterocycles. The molecule has 0 bridgehead atoms. The molecule has 0 spiro atoms. The van der Waals surface area contributed by atoms with Crippen LogP contribution in [0.2, 0.25) is 0 Å². The number of hydrogen-bond acceptors (Lipinski definition) is 5. The van der Waals surface area contributed by atoms with Crippen molar-refractivity contribution in [2.75, 3.05) is 18.9 Å². The molecule has 0 saturated heterocycles. The lowest BCUT2D eigenvalue weighted by Crippen LogP contribution is -2.40. The number of nitrogens with one attached hydrogen (secondary N) is 1. The number of amides is 2. The van der Waals surface area contributed by atoms with Crippen molar-refractivity contribution in [1.29, 1.82) is 0 Å². The van der Waals surface area contributed by atoms with E-state index in [1.54, 1.807) is 11.9 Å². The quantitative estimate of drug-likeness (QED) is 0.872. The first-order chi connectivity index (χ1) is 10.5. The number of aromatic nitrogens is 2. The van der Waals surface area contributed by atoms with E-state index in [4.69, 9.17) is 0 Å². The van der Waals surface area contributed by atoms with E-state index < -0.39 is 0 Å². The number of nitrogens with zero attached hydrogens (tertiary/aromatic N) is 3. The van der Waals surface area contributed by atoms with Crippen LogP contribution in [0, 0.1) is 11.8 Å². The van der Waals surface area contributed by atoms with E-state index in [9.17, 15) is 9.90 Å². The van der Waals surface area contributed by atoms with Crippen molar-refractivity contribution in [3.05, 3.63) is 5.01 Å². The number of aliphatic hydroxyl groups excluding tert-OH is 1. The smallest absolute Gasteiger partial charge is 0.323 e. The van der Waals surface area contributed by atoms with Gasteiger partial charge in [0.1, 0.15) is 5.01 Å². The lowest BCUT2D eigenvalue weighted by molar-refractivity contribution is 0.0575. The second-order valence-electron chi connectivity index (χ2n) is 6.52. The molecule has 2 N–H and O–H groups in total. The number of anilines is 1. The number of carbonyl (C=O) groups excluding carboxylic acids is 1. The van der Waals surface area contributed by atoms with Gasteiger partial charge in [-0.2, -0.15) is 0 Å². The van der Waals surface area contributed by atoms with Gasteiger partial charge in [-0.25, -0.2) is 4.79 Å². The Morgan fingerprint density at radius 2 is 2.14 bits per heavy atom. The molecule has 1 aromatic rings. The third-order valence-electron chi connectivity index (χ3n) is 3.99. The average Bonchev–Trinajstić information content (AvgIpc) is 2.87. The maximum absolute atomic E-state index is 12.2. The van der Waals surface area contributed by atoms with E-state index in [2.05, 4.69) is 29.4 Å². The highest BCUT2D eigenvalue weighted by Crippen LogP contribution is 2.25. The standard InChI is InChI=1S/C15H26N4O2S/c1-10(2)8-13-17-18-14(22-13)16-15(21)19(3)9-11-6-4-5-7-12(11)20/h10-12,20H,4-9H2,1-3H3,(H,16,18,21). The van der Waals surface area contributed by atoms with Gasteiger partial charge < -0.3 is 10.0 Å². The van der Waals surface area contributed by atoms with Crippen LogP contribution >= 0.6 is 11.3 Å². The van der Waals surface area contributed by atoms with Crippen molar-refractivity contribution >= 4 is 22.5 Å². The Bertz CT molecular complexity index is 492. The number of rotatable bonds is 5. The molecule has 1 heterocycles. The molecule has 1 fully saturated rings. The SMILES string of the molecule is CC(C)Cc1nnc(NC(=O)N(C)CC2CCCCC2O)s1. The molecular weight excluding hydrogens is 300 g/mol. The van der Waals surface area contributed by atoms with Crippen LogP contribution in [0.5, 0.6) is 0 Å². The summed E-state index contributed by atoms with van der Waals surface area (Å²) < 4.78 is 0. The largest absolute Gasteiger partial charge is 0.393 e. The van der Waals surface area contributed by atoms with Gasteiger partial charge in [-0.1, -0.05) is 38.0 Å². The summed E-state index contributed by atoms with van der Waals surface area (Å²) in [4.78, 5) is 13.8. The van der Waals surface area contributed by atoms with Crippen LogP contribution in [0.1, 0.15) is 44.5 Å². The maximum atomic E-state index is 12.2. The minimum atomic E-state index is -0.289. The van der Waals surface area contributed by atoms with Gasteiger partial charge in [0.15, 0.2) is 0 Å². The van der Waals surface area contributed by atoms with Crippen molar-refractivity contribution in [3.63, 3.8) is 0 Å². The Hall–Kier alpha value is -1.21. The summed E-state index contributed by atoms with van der Waals surface area (Å²) in [7, 11) is 1.76. The average molecular weight is 326 g/mol. The van der Waals surface area contributed by atoms with Gasteiger partial charge in [0.2, 0.25) is 5.13 Å². The summed E-state index contributed by atoms with van der Waals surface area (Å²) in [6.07, 6.45) is 4.62. The van der Waals surface area contributed by atoms with E-state index in [1.807, 2.05) is 0 Å². The van der Waals surface area contributed by atoms with Crippen LogP contribution in [-0.4, -0.2) is 45.9 Å². The van der Waals surface area contributed by atoms with Crippen molar-refractivity contribution in [3.8, 4) is 0 Å². The van der Waals surface area contributed by atoms with Crippen LogP contribution < -0.4 is 5.32 Å². The Kier molecular flexibility index (Phi) is 6.14. The first-order valence-corrected chi connectivity index (χ1v) is 8.80. The van der Waals surface area contributed by atoms with Gasteiger partial charge >= 0.3 is 6.03 Å². The molecule has 1 aliphatic carbocycles. The lowest BCUT2D eigenvalue weighted by Gasteiger charge is -2.31. The minimum absolute atomic E-state index is 0.176. The lowest BCUT2D eigenvalue weighted by atomic mass is 9.86. The van der Waals surface area contributed by atoms with Gasteiger partial charge in [-0.15, -0.1) is 10.2 Å². The van der Waals surface area contributed by atoms with Gasteiger partial charge in [0.05, 0.1) is 6.10 Å².